The van der Waals surface area contributed by atoms with Gasteiger partial charge in [-0.15, -0.1) is 5.56 Å². The number of benzene rings is 2. The van der Waals surface area contributed by atoms with E-state index >= 15 is 0 Å². The van der Waals surface area contributed by atoms with Crippen molar-refractivity contribution in [2.75, 3.05) is 0 Å². The van der Waals surface area contributed by atoms with Crippen LogP contribution in [-0.4, -0.2) is 0 Å². The van der Waals surface area contributed by atoms with Crippen LogP contribution in [0, 0.1) is 6.07 Å². The molecule has 0 aromatic heterocycles. The number of rotatable bonds is 3. The zero-order valence-electron chi connectivity index (χ0n) is 9.50. The molecule has 0 amide bonds. The maximum absolute atomic E-state index is 5.88. The van der Waals surface area contributed by atoms with Crippen LogP contribution < -0.4 is 4.74 Å². The first kappa shape index (κ1) is 16.0. The molecule has 0 heterocycles. The molecule has 90 valence electrons. The molecule has 0 aliphatic carbocycles. The Hall–Kier alpha value is -0.0766. The van der Waals surface area contributed by atoms with Crippen LogP contribution >= 0.6 is 36.8 Å². The molecule has 0 spiro atoms. The van der Waals surface area contributed by atoms with Gasteiger partial charge in [0.1, 0.15) is 5.75 Å². The molecule has 0 saturated heterocycles. The van der Waals surface area contributed by atoms with Crippen molar-refractivity contribution in [2.24, 2.45) is 0 Å². The predicted octanol–water partition coefficient (Wildman–Crippen LogP) is 5.22. The van der Waals surface area contributed by atoms with E-state index < -0.39 is 0 Å². The third kappa shape index (κ3) is 5.28. The van der Waals surface area contributed by atoms with Gasteiger partial charge in [-0.05, 0) is 12.1 Å². The summed E-state index contributed by atoms with van der Waals surface area (Å²) in [4.78, 5) is 0. The molecule has 18 heavy (non-hydrogen) atoms. The Bertz CT molecular complexity index is 480. The third-order valence-electron chi connectivity index (χ3n) is 2.07. The first-order chi connectivity index (χ1) is 8.75. The third-order valence-corrected chi connectivity index (χ3v) is 2.81. The van der Waals surface area contributed by atoms with Gasteiger partial charge in [-0.2, -0.15) is 30.3 Å². The van der Waals surface area contributed by atoms with Gasteiger partial charge < -0.3 is 4.74 Å². The molecule has 0 aliphatic heterocycles. The van der Waals surface area contributed by atoms with E-state index in [-0.39, 0.29) is 0 Å². The summed E-state index contributed by atoms with van der Waals surface area (Å²) in [5, 5.41) is 1.03. The van der Waals surface area contributed by atoms with Gasteiger partial charge in [0.2, 0.25) is 0 Å². The Kier molecular flexibility index (Phi) is 7.93. The fraction of sp³-hybridized carbons (Fsp3) is 0.0769. The van der Waals surface area contributed by atoms with Gasteiger partial charge in [-0.3, -0.25) is 0 Å². The molecule has 0 aliphatic rings. The molecule has 0 unspecified atom stereocenters. The van der Waals surface area contributed by atoms with Crippen LogP contribution in [0.25, 0.3) is 0 Å². The Morgan fingerprint density at radius 2 is 1.94 bits per heavy atom. The SMILES string of the molecule is Clc1ccc(OCc2c[c-]ccc2)cc1Cl.[Zn+][Br]. The molecule has 0 bridgehead atoms. The van der Waals surface area contributed by atoms with Crippen LogP contribution in [0.3, 0.4) is 0 Å². The number of halogens is 3. The monoisotopic (exact) mass is 394 g/mol. The predicted molar refractivity (Wildman–Crippen MR) is 75.0 cm³/mol. The zero-order chi connectivity index (χ0) is 13.4. The van der Waals surface area contributed by atoms with E-state index in [4.69, 9.17) is 27.9 Å². The van der Waals surface area contributed by atoms with Gasteiger partial charge in [0, 0.05) is 6.07 Å². The van der Waals surface area contributed by atoms with Gasteiger partial charge in [0.05, 0.1) is 16.7 Å². The van der Waals surface area contributed by atoms with E-state index in [2.05, 4.69) is 19.7 Å². The van der Waals surface area contributed by atoms with Crippen molar-refractivity contribution in [2.45, 2.75) is 6.61 Å². The topological polar surface area (TPSA) is 9.23 Å². The minimum atomic E-state index is 0.495. The fourth-order valence-corrected chi connectivity index (χ4v) is 1.54. The van der Waals surface area contributed by atoms with Gasteiger partial charge in [0.25, 0.3) is 0 Å². The van der Waals surface area contributed by atoms with E-state index in [0.29, 0.717) is 22.4 Å². The summed E-state index contributed by atoms with van der Waals surface area (Å²) >= 11 is 15.9. The molecule has 0 saturated carbocycles. The van der Waals surface area contributed by atoms with Crippen LogP contribution in [0.15, 0.2) is 42.5 Å². The fourth-order valence-electron chi connectivity index (χ4n) is 1.25. The molecular weight excluding hydrogens is 388 g/mol. The van der Waals surface area contributed by atoms with Crippen LogP contribution in [0.4, 0.5) is 0 Å². The Morgan fingerprint density at radius 1 is 1.17 bits per heavy atom. The molecule has 1 nitrogen and oxygen atoms in total. The molecular formula is C13H9BrCl2OZn. The Labute approximate surface area is 133 Å². The number of hydrogen-bond acceptors (Lipinski definition) is 1. The van der Waals surface area contributed by atoms with Crippen molar-refractivity contribution in [3.63, 3.8) is 0 Å². The molecule has 0 fully saturated rings. The van der Waals surface area contributed by atoms with Gasteiger partial charge in [-0.25, -0.2) is 0 Å². The standard InChI is InChI=1S/C13H9Cl2O.BrH.Zn/c14-12-7-6-11(8-13(12)15)16-9-10-4-2-1-3-5-10;;/h1-2,4-8H,9H2;1H;/q-1;;+2/p-1. The average molecular weight is 397 g/mol. The van der Waals surface area contributed by atoms with Crippen molar-refractivity contribution >= 4 is 36.8 Å². The molecule has 0 N–H and O–H groups in total. The molecule has 2 rings (SSSR count). The molecule has 0 atom stereocenters. The van der Waals surface area contributed by atoms with E-state index in [0.717, 1.165) is 5.56 Å². The first-order valence-corrected chi connectivity index (χ1v) is 12.8. The van der Waals surface area contributed by atoms with Gasteiger partial charge in [-0.1, -0.05) is 23.2 Å². The number of ether oxygens (including phenoxy) is 1. The van der Waals surface area contributed by atoms with Crippen molar-refractivity contribution in [3.05, 3.63) is 64.1 Å². The van der Waals surface area contributed by atoms with E-state index in [1.54, 1.807) is 18.2 Å². The summed E-state index contributed by atoms with van der Waals surface area (Å²) in [6, 6.07) is 15.8. The second-order valence-corrected chi connectivity index (χ2v) is 4.09. The number of hydrogen-bond donors (Lipinski definition) is 0. The summed E-state index contributed by atoms with van der Waals surface area (Å²) < 4.78 is 5.56. The maximum atomic E-state index is 5.88. The average Bonchev–Trinajstić information content (AvgIpc) is 2.44. The summed E-state index contributed by atoms with van der Waals surface area (Å²) in [5.41, 5.74) is 1.06. The van der Waals surface area contributed by atoms with E-state index in [9.17, 15) is 0 Å². The van der Waals surface area contributed by atoms with Gasteiger partial charge in [0.15, 0.2) is 0 Å². The van der Waals surface area contributed by atoms with Crippen molar-refractivity contribution < 1.29 is 21.1 Å². The second kappa shape index (κ2) is 8.93. The minimum absolute atomic E-state index is 0.495. The quantitative estimate of drug-likeness (QED) is 0.510. The molecule has 2 aromatic carbocycles. The van der Waals surface area contributed by atoms with Crippen molar-refractivity contribution in [1.82, 2.24) is 0 Å². The summed E-state index contributed by atoms with van der Waals surface area (Å²) in [7, 11) is 0. The Morgan fingerprint density at radius 3 is 2.56 bits per heavy atom. The molecule has 5 heteroatoms. The van der Waals surface area contributed by atoms with Crippen molar-refractivity contribution in [1.29, 1.82) is 0 Å². The normalized spacial score (nSPS) is 9.39. The van der Waals surface area contributed by atoms with E-state index in [1.807, 2.05) is 24.3 Å². The van der Waals surface area contributed by atoms with Crippen LogP contribution in [0.1, 0.15) is 5.56 Å². The van der Waals surface area contributed by atoms with Crippen molar-refractivity contribution in [3.8, 4) is 5.75 Å². The van der Waals surface area contributed by atoms with Gasteiger partial charge >= 0.3 is 30.0 Å². The van der Waals surface area contributed by atoms with E-state index in [1.165, 1.54) is 16.3 Å². The van der Waals surface area contributed by atoms with Crippen LogP contribution in [0.5, 0.6) is 5.75 Å². The zero-order valence-corrected chi connectivity index (χ0v) is 15.6. The van der Waals surface area contributed by atoms with Crippen LogP contribution in [0.2, 0.25) is 10.0 Å². The molecule has 0 radical (unpaired) electrons. The summed E-state index contributed by atoms with van der Waals surface area (Å²) in [6.07, 6.45) is 0. The summed E-state index contributed by atoms with van der Waals surface area (Å²) in [5.74, 6) is 0.707. The Balaban J connectivity index is 0.000000771. The van der Waals surface area contributed by atoms with Crippen LogP contribution in [-0.2, 0) is 22.9 Å². The summed E-state index contributed by atoms with van der Waals surface area (Å²) in [6.45, 7) is 0.495. The molecule has 2 aromatic rings. The first-order valence-electron chi connectivity index (χ1n) is 5.05. The second-order valence-electron chi connectivity index (χ2n) is 3.28.